The van der Waals surface area contributed by atoms with Gasteiger partial charge in [0.2, 0.25) is 0 Å². The molecule has 55 heavy (non-hydrogen) atoms. The van der Waals surface area contributed by atoms with Gasteiger partial charge in [-0.3, -0.25) is 0 Å². The molecule has 2 saturated heterocycles. The maximum absolute atomic E-state index is 12.7. The number of ether oxygens (including phenoxy) is 7. The number of esters is 3. The lowest BCUT2D eigenvalue weighted by Gasteiger charge is -2.15. The van der Waals surface area contributed by atoms with Crippen molar-refractivity contribution in [2.75, 3.05) is 39.6 Å². The molecule has 2 aromatic carbocycles. The molecule has 4 atom stereocenters. The summed E-state index contributed by atoms with van der Waals surface area (Å²) in [5, 5.41) is 0. The molecule has 10 nitrogen and oxygen atoms in total. The molecular weight excluding hydrogens is 700 g/mol. The third kappa shape index (κ3) is 15.9. The van der Waals surface area contributed by atoms with Crippen molar-refractivity contribution in [2.24, 2.45) is 5.92 Å². The third-order valence-electron chi connectivity index (χ3n) is 9.30. The first-order valence-electron chi connectivity index (χ1n) is 19.6. The number of unbranched alkanes of at least 4 members (excludes halogenated alkanes) is 8. The largest absolute Gasteiger partial charge is 0.494 e. The van der Waals surface area contributed by atoms with E-state index in [1.54, 1.807) is 19.9 Å². The Kier molecular flexibility index (Phi) is 18.8. The lowest BCUT2D eigenvalue weighted by atomic mass is 9.99. The van der Waals surface area contributed by atoms with Gasteiger partial charge in [-0.1, -0.05) is 75.3 Å². The molecule has 2 aliphatic rings. The van der Waals surface area contributed by atoms with Gasteiger partial charge in [-0.15, -0.1) is 0 Å². The topological polar surface area (TPSA) is 116 Å². The number of fused-ring (bicyclic) bond motifs is 1. The zero-order valence-corrected chi connectivity index (χ0v) is 32.5. The highest BCUT2D eigenvalue weighted by Gasteiger charge is 2.48. The standard InChI is InChI=1S/C45H58O10/c1-33(2)44(47)51-29-13-8-6-5-7-11-27-49-39-24-18-36(19-25-39)20-26-41(46)55-40-32-54-42-37(31-53-43(40)42)21-15-35-16-22-38(23-17-35)50-28-12-9-10-14-30-52-45(48)34(3)4/h15-26,37,40,42-43H,1,3,5-14,27-32H2,2,4H3/b21-15?,26-20+/t37-,40+,42+,43+/m0/s1. The van der Waals surface area contributed by atoms with Gasteiger partial charge in [0.15, 0.2) is 6.10 Å². The first-order chi connectivity index (χ1) is 26.7. The maximum atomic E-state index is 12.7. The summed E-state index contributed by atoms with van der Waals surface area (Å²) in [6, 6.07) is 15.6. The van der Waals surface area contributed by atoms with Crippen LogP contribution in [0, 0.1) is 5.92 Å². The van der Waals surface area contributed by atoms with Gasteiger partial charge in [-0.25, -0.2) is 14.4 Å². The third-order valence-corrected chi connectivity index (χ3v) is 9.30. The molecule has 0 radical (unpaired) electrons. The van der Waals surface area contributed by atoms with Gasteiger partial charge in [0, 0.05) is 23.1 Å². The SMILES string of the molecule is C=C(C)C(=O)OCCCCCCCCOc1ccc(/C=C/C(=O)O[C@@H]2CO[C@H]3[C@@H]2OC[C@@H]3C=Cc2ccc(OCCCCCCOC(=O)C(=C)C)cc2)cc1. The molecule has 0 aliphatic carbocycles. The van der Waals surface area contributed by atoms with Crippen molar-refractivity contribution in [3.8, 4) is 11.5 Å². The predicted molar refractivity (Wildman–Crippen MR) is 213 cm³/mol. The fourth-order valence-corrected chi connectivity index (χ4v) is 6.12. The smallest absolute Gasteiger partial charge is 0.333 e. The summed E-state index contributed by atoms with van der Waals surface area (Å²) in [6.45, 7) is 13.4. The van der Waals surface area contributed by atoms with Crippen molar-refractivity contribution in [1.82, 2.24) is 0 Å². The van der Waals surface area contributed by atoms with E-state index >= 15 is 0 Å². The van der Waals surface area contributed by atoms with E-state index in [1.807, 2.05) is 48.5 Å². The summed E-state index contributed by atoms with van der Waals surface area (Å²) in [5.41, 5.74) is 2.78. The number of hydrogen-bond acceptors (Lipinski definition) is 10. The Bertz CT molecular complexity index is 1580. The minimum atomic E-state index is -0.460. The average Bonchev–Trinajstić information content (AvgIpc) is 3.78. The summed E-state index contributed by atoms with van der Waals surface area (Å²) in [6.07, 6.45) is 16.3. The predicted octanol–water partition coefficient (Wildman–Crippen LogP) is 8.64. The van der Waals surface area contributed by atoms with Crippen LogP contribution in [0.2, 0.25) is 0 Å². The zero-order valence-electron chi connectivity index (χ0n) is 32.5. The van der Waals surface area contributed by atoms with Crippen LogP contribution in [0.3, 0.4) is 0 Å². The number of carbonyl (C=O) groups is 3. The van der Waals surface area contributed by atoms with Gasteiger partial charge in [-0.2, -0.15) is 0 Å². The van der Waals surface area contributed by atoms with Gasteiger partial charge in [0.25, 0.3) is 0 Å². The highest BCUT2D eigenvalue weighted by Crippen LogP contribution is 2.34. The monoisotopic (exact) mass is 758 g/mol. The van der Waals surface area contributed by atoms with Gasteiger partial charge >= 0.3 is 17.9 Å². The molecule has 0 bridgehead atoms. The van der Waals surface area contributed by atoms with E-state index in [-0.39, 0.29) is 30.1 Å². The fourth-order valence-electron chi connectivity index (χ4n) is 6.12. The van der Waals surface area contributed by atoms with Crippen LogP contribution in [-0.4, -0.2) is 75.9 Å². The van der Waals surface area contributed by atoms with Gasteiger partial charge < -0.3 is 33.2 Å². The van der Waals surface area contributed by atoms with E-state index in [0.29, 0.717) is 50.8 Å². The molecule has 2 fully saturated rings. The lowest BCUT2D eigenvalue weighted by molar-refractivity contribution is -0.147. The van der Waals surface area contributed by atoms with Crippen LogP contribution >= 0.6 is 0 Å². The second-order valence-electron chi connectivity index (χ2n) is 14.1. The van der Waals surface area contributed by atoms with Gasteiger partial charge in [0.1, 0.15) is 17.6 Å². The van der Waals surface area contributed by atoms with Crippen molar-refractivity contribution in [3.05, 3.63) is 96.1 Å². The minimum absolute atomic E-state index is 0.0571. The van der Waals surface area contributed by atoms with Crippen LogP contribution in [0.15, 0.2) is 85.0 Å². The number of benzene rings is 2. The molecule has 2 aromatic rings. The van der Waals surface area contributed by atoms with Gasteiger partial charge in [-0.05, 0) is 93.8 Å². The summed E-state index contributed by atoms with van der Waals surface area (Å²) in [5.74, 6) is 0.584. The highest BCUT2D eigenvalue weighted by atomic mass is 16.6. The van der Waals surface area contributed by atoms with E-state index in [9.17, 15) is 14.4 Å². The Morgan fingerprint density at radius 3 is 1.58 bits per heavy atom. The van der Waals surface area contributed by atoms with Crippen molar-refractivity contribution in [3.63, 3.8) is 0 Å². The van der Waals surface area contributed by atoms with Crippen LogP contribution in [0.4, 0.5) is 0 Å². The fraction of sp³-hybridized carbons (Fsp3) is 0.489. The summed E-state index contributed by atoms with van der Waals surface area (Å²) in [4.78, 5) is 35.4. The summed E-state index contributed by atoms with van der Waals surface area (Å²) in [7, 11) is 0. The molecule has 0 unspecified atom stereocenters. The van der Waals surface area contributed by atoms with E-state index in [4.69, 9.17) is 33.2 Å². The van der Waals surface area contributed by atoms with E-state index in [1.165, 1.54) is 6.08 Å². The van der Waals surface area contributed by atoms with Crippen LogP contribution in [0.25, 0.3) is 12.2 Å². The molecule has 0 spiro atoms. The maximum Gasteiger partial charge on any atom is 0.333 e. The molecule has 10 heteroatoms. The van der Waals surface area contributed by atoms with Crippen LogP contribution < -0.4 is 9.47 Å². The van der Waals surface area contributed by atoms with Crippen molar-refractivity contribution in [1.29, 1.82) is 0 Å². The number of hydrogen-bond donors (Lipinski definition) is 0. The van der Waals surface area contributed by atoms with E-state index < -0.39 is 12.1 Å². The Hall–Kier alpha value is -4.67. The Labute approximate surface area is 326 Å². The second kappa shape index (κ2) is 24.0. The van der Waals surface area contributed by atoms with Crippen LogP contribution in [0.5, 0.6) is 11.5 Å². The minimum Gasteiger partial charge on any atom is -0.494 e. The van der Waals surface area contributed by atoms with Gasteiger partial charge in [0.05, 0.1) is 45.7 Å². The molecule has 0 aromatic heterocycles. The van der Waals surface area contributed by atoms with Crippen LogP contribution in [-0.2, 0) is 38.1 Å². The molecule has 2 aliphatic heterocycles. The lowest BCUT2D eigenvalue weighted by Crippen LogP contribution is -2.32. The molecule has 2 heterocycles. The zero-order chi connectivity index (χ0) is 39.3. The number of carbonyl (C=O) groups excluding carboxylic acids is 3. The Morgan fingerprint density at radius 2 is 1.07 bits per heavy atom. The quantitative estimate of drug-likeness (QED) is 0.0422. The Balaban J connectivity index is 1.05. The molecule has 0 amide bonds. The van der Waals surface area contributed by atoms with Crippen molar-refractivity contribution in [2.45, 2.75) is 96.4 Å². The molecule has 0 saturated carbocycles. The van der Waals surface area contributed by atoms with E-state index in [0.717, 1.165) is 86.8 Å². The number of rotatable bonds is 25. The summed E-state index contributed by atoms with van der Waals surface area (Å²) >= 11 is 0. The molecule has 0 N–H and O–H groups in total. The first-order valence-corrected chi connectivity index (χ1v) is 19.6. The normalized spacial score (nSPS) is 18.9. The average molecular weight is 759 g/mol. The van der Waals surface area contributed by atoms with Crippen molar-refractivity contribution >= 4 is 30.1 Å². The highest BCUT2D eigenvalue weighted by molar-refractivity contribution is 5.88. The summed E-state index contributed by atoms with van der Waals surface area (Å²) < 4.78 is 39.8. The molecular formula is C45H58O10. The second-order valence-corrected chi connectivity index (χ2v) is 14.1. The van der Waals surface area contributed by atoms with Crippen LogP contribution in [0.1, 0.15) is 89.2 Å². The molecule has 4 rings (SSSR count). The Morgan fingerprint density at radius 1 is 0.618 bits per heavy atom. The van der Waals surface area contributed by atoms with E-state index in [2.05, 4.69) is 25.3 Å². The molecule has 298 valence electrons. The van der Waals surface area contributed by atoms with Crippen molar-refractivity contribution < 1.29 is 47.5 Å². The first kappa shape index (κ1) is 43.1.